The molecule has 6 unspecified atom stereocenters. The number of aliphatic hydroxyl groups is 1. The van der Waals surface area contributed by atoms with E-state index in [0.717, 1.165) is 24.7 Å². The van der Waals surface area contributed by atoms with E-state index in [4.69, 9.17) is 34.8 Å². The molecule has 0 aromatic carbocycles. The lowest BCUT2D eigenvalue weighted by Gasteiger charge is -2.59. The fourth-order valence-electron chi connectivity index (χ4n) is 5.72. The first kappa shape index (κ1) is 14.2. The number of allylic oxidation sites excluding steroid dienone is 1. The smallest absolute Gasteiger partial charge is 0.179 e. The molecular formula is C16H21Cl3O. The Kier molecular flexibility index (Phi) is 3.22. The zero-order chi connectivity index (χ0) is 14.1. The second-order valence-electron chi connectivity index (χ2n) is 7.29. The summed E-state index contributed by atoms with van der Waals surface area (Å²) in [5, 5.41) is 9.25. The second kappa shape index (κ2) is 4.54. The number of alkyl halides is 3. The lowest BCUT2D eigenvalue weighted by atomic mass is 9.50. The van der Waals surface area contributed by atoms with Crippen LogP contribution in [0.5, 0.6) is 0 Å². The summed E-state index contributed by atoms with van der Waals surface area (Å²) in [6, 6.07) is 0. The van der Waals surface area contributed by atoms with Crippen LogP contribution in [-0.2, 0) is 0 Å². The Balaban J connectivity index is 1.81. The van der Waals surface area contributed by atoms with E-state index < -0.39 is 9.39 Å². The van der Waals surface area contributed by atoms with E-state index in [1.54, 1.807) is 0 Å². The van der Waals surface area contributed by atoms with Crippen molar-refractivity contribution < 1.29 is 5.11 Å². The summed E-state index contributed by atoms with van der Waals surface area (Å²) in [5.74, 6) is 2.79. The molecule has 0 aromatic rings. The van der Waals surface area contributed by atoms with Gasteiger partial charge in [0.2, 0.25) is 0 Å². The van der Waals surface area contributed by atoms with Crippen LogP contribution in [0.4, 0.5) is 0 Å². The third-order valence-electron chi connectivity index (χ3n) is 6.49. The molecule has 0 spiro atoms. The lowest BCUT2D eigenvalue weighted by Crippen LogP contribution is -2.59. The van der Waals surface area contributed by atoms with Crippen molar-refractivity contribution in [1.82, 2.24) is 0 Å². The van der Waals surface area contributed by atoms with E-state index in [1.807, 2.05) is 6.08 Å². The molecule has 4 aliphatic carbocycles. The first-order valence-corrected chi connectivity index (χ1v) is 9.06. The van der Waals surface area contributed by atoms with Crippen LogP contribution < -0.4 is 0 Å². The molecule has 6 atom stereocenters. The van der Waals surface area contributed by atoms with Gasteiger partial charge in [0.05, 0.1) is 0 Å². The topological polar surface area (TPSA) is 20.2 Å². The van der Waals surface area contributed by atoms with Crippen molar-refractivity contribution in [2.75, 3.05) is 0 Å². The minimum atomic E-state index is -1.52. The maximum absolute atomic E-state index is 10.8. The normalized spacial score (nSPS) is 53.0. The van der Waals surface area contributed by atoms with Gasteiger partial charge in [-0.25, -0.2) is 0 Å². The van der Waals surface area contributed by atoms with Crippen molar-refractivity contribution in [2.45, 2.75) is 54.3 Å². The molecule has 0 heterocycles. The molecule has 0 radical (unpaired) electrons. The highest BCUT2D eigenvalue weighted by Crippen LogP contribution is 2.64. The predicted molar refractivity (Wildman–Crippen MR) is 83.1 cm³/mol. The van der Waals surface area contributed by atoms with Crippen molar-refractivity contribution in [1.29, 1.82) is 0 Å². The highest BCUT2D eigenvalue weighted by Gasteiger charge is 2.62. The highest BCUT2D eigenvalue weighted by molar-refractivity contribution is 6.54. The van der Waals surface area contributed by atoms with E-state index in [0.29, 0.717) is 11.8 Å². The van der Waals surface area contributed by atoms with Gasteiger partial charge >= 0.3 is 0 Å². The SMILES string of the molecule is OC1(Cl)C2CCC3CCCC4CCC(=CC1(Cl)Cl)C2C43. The van der Waals surface area contributed by atoms with Gasteiger partial charge in [-0.3, -0.25) is 0 Å². The fourth-order valence-corrected chi connectivity index (χ4v) is 6.58. The van der Waals surface area contributed by atoms with Crippen molar-refractivity contribution in [3.8, 4) is 0 Å². The summed E-state index contributed by atoms with van der Waals surface area (Å²) >= 11 is 19.2. The van der Waals surface area contributed by atoms with Crippen LogP contribution >= 0.6 is 34.8 Å². The van der Waals surface area contributed by atoms with Crippen molar-refractivity contribution in [3.63, 3.8) is 0 Å². The number of hydrogen-bond acceptors (Lipinski definition) is 1. The monoisotopic (exact) mass is 334 g/mol. The van der Waals surface area contributed by atoms with Gasteiger partial charge in [0, 0.05) is 5.92 Å². The van der Waals surface area contributed by atoms with Gasteiger partial charge in [-0.2, -0.15) is 0 Å². The molecule has 0 saturated heterocycles. The van der Waals surface area contributed by atoms with Crippen LogP contribution in [0.2, 0.25) is 0 Å². The molecule has 0 amide bonds. The number of rotatable bonds is 0. The van der Waals surface area contributed by atoms with Crippen LogP contribution in [0.3, 0.4) is 0 Å². The Morgan fingerprint density at radius 2 is 1.70 bits per heavy atom. The molecule has 3 saturated carbocycles. The van der Waals surface area contributed by atoms with Gasteiger partial charge in [-0.15, -0.1) is 0 Å². The molecule has 0 aliphatic heterocycles. The molecule has 0 bridgehead atoms. The maximum Gasteiger partial charge on any atom is 0.179 e. The van der Waals surface area contributed by atoms with Crippen LogP contribution in [-0.4, -0.2) is 14.5 Å². The molecule has 4 rings (SSSR count). The molecule has 4 aliphatic rings. The van der Waals surface area contributed by atoms with Gasteiger partial charge in [0.1, 0.15) is 0 Å². The third-order valence-corrected chi connectivity index (χ3v) is 8.06. The molecule has 4 heteroatoms. The molecule has 20 heavy (non-hydrogen) atoms. The summed E-state index contributed by atoms with van der Waals surface area (Å²) in [4.78, 5) is 0. The van der Waals surface area contributed by atoms with E-state index in [1.165, 1.54) is 37.7 Å². The zero-order valence-electron chi connectivity index (χ0n) is 11.5. The van der Waals surface area contributed by atoms with Crippen molar-refractivity contribution in [2.24, 2.45) is 29.6 Å². The molecular weight excluding hydrogens is 315 g/mol. The second-order valence-corrected chi connectivity index (χ2v) is 9.25. The standard InChI is InChI=1S/C16H21Cl3O/c17-15(18)8-11-5-4-9-2-1-3-10-6-7-12(16(15,19)20)14(11)13(9)10/h8-10,12-14,20H,1-7H2. The number of hydrogen-bond donors (Lipinski definition) is 1. The van der Waals surface area contributed by atoms with Gasteiger partial charge in [0.15, 0.2) is 9.39 Å². The zero-order valence-corrected chi connectivity index (χ0v) is 13.8. The summed E-state index contributed by atoms with van der Waals surface area (Å²) in [7, 11) is 0. The first-order valence-electron chi connectivity index (χ1n) is 7.92. The highest BCUT2D eigenvalue weighted by atomic mass is 35.5. The van der Waals surface area contributed by atoms with Crippen LogP contribution in [0, 0.1) is 29.6 Å². The van der Waals surface area contributed by atoms with E-state index in [-0.39, 0.29) is 5.92 Å². The fraction of sp³-hybridized carbons (Fsp3) is 0.875. The molecule has 112 valence electrons. The predicted octanol–water partition coefficient (Wildman–Crippen LogP) is 4.88. The summed E-state index contributed by atoms with van der Waals surface area (Å²) < 4.78 is -1.35. The number of halogens is 3. The van der Waals surface area contributed by atoms with Crippen LogP contribution in [0.1, 0.15) is 44.9 Å². The first-order chi connectivity index (χ1) is 9.42. The summed E-state index contributed by atoms with van der Waals surface area (Å²) in [5.41, 5.74) is 1.37. The van der Waals surface area contributed by atoms with E-state index >= 15 is 0 Å². The molecule has 1 nitrogen and oxygen atoms in total. The van der Waals surface area contributed by atoms with Crippen molar-refractivity contribution in [3.05, 3.63) is 11.6 Å². The van der Waals surface area contributed by atoms with E-state index in [9.17, 15) is 5.11 Å². The molecule has 3 fully saturated rings. The minimum Gasteiger partial charge on any atom is -0.372 e. The summed E-state index contributed by atoms with van der Waals surface area (Å²) in [6.45, 7) is 0. The Morgan fingerprint density at radius 1 is 1.00 bits per heavy atom. The van der Waals surface area contributed by atoms with Gasteiger partial charge in [-0.05, 0) is 55.4 Å². The Bertz CT molecular complexity index is 451. The summed E-state index contributed by atoms with van der Waals surface area (Å²) in [6.07, 6.45) is 10.4. The Hall–Kier alpha value is 0.570. The Labute approximate surface area is 135 Å². The molecule has 0 aromatic heterocycles. The molecule has 1 N–H and O–H groups in total. The maximum atomic E-state index is 10.8. The average molecular weight is 336 g/mol. The van der Waals surface area contributed by atoms with Crippen LogP contribution in [0.25, 0.3) is 0 Å². The van der Waals surface area contributed by atoms with Gasteiger partial charge < -0.3 is 5.11 Å². The largest absolute Gasteiger partial charge is 0.372 e. The van der Waals surface area contributed by atoms with Gasteiger partial charge in [0.25, 0.3) is 0 Å². The Morgan fingerprint density at radius 3 is 2.45 bits per heavy atom. The van der Waals surface area contributed by atoms with Gasteiger partial charge in [-0.1, -0.05) is 59.6 Å². The van der Waals surface area contributed by atoms with E-state index in [2.05, 4.69) is 0 Å². The third kappa shape index (κ3) is 1.79. The van der Waals surface area contributed by atoms with Crippen LogP contribution in [0.15, 0.2) is 11.6 Å². The quantitative estimate of drug-likeness (QED) is 0.494. The average Bonchev–Trinajstić information content (AvgIpc) is 2.40. The van der Waals surface area contributed by atoms with Crippen molar-refractivity contribution >= 4 is 34.8 Å². The minimum absolute atomic E-state index is 0.0151. The lowest BCUT2D eigenvalue weighted by molar-refractivity contribution is -0.0686.